The summed E-state index contributed by atoms with van der Waals surface area (Å²) in [5.74, 6) is -0.626. The molecule has 1 aliphatic rings. The molecule has 2 unspecified atom stereocenters. The van der Waals surface area contributed by atoms with Crippen LogP contribution in [0.4, 0.5) is 4.79 Å². The third-order valence-electron chi connectivity index (χ3n) is 3.31. The Hall–Kier alpha value is -2.57. The smallest absolute Gasteiger partial charge is 0.317 e. The molecule has 20 heavy (non-hydrogen) atoms. The Morgan fingerprint density at radius 3 is 2.55 bits per heavy atom. The molecule has 2 rings (SSSR count). The van der Waals surface area contributed by atoms with Gasteiger partial charge in [-0.15, -0.1) is 0 Å². The molecular weight excluding hydrogens is 260 g/mol. The first-order valence-corrected chi connectivity index (χ1v) is 6.08. The van der Waals surface area contributed by atoms with Crippen LogP contribution in [0.5, 0.6) is 0 Å². The molecule has 1 aliphatic heterocycles. The number of nitrogens with zero attached hydrogens (tertiary/aromatic N) is 1. The van der Waals surface area contributed by atoms with E-state index in [1.165, 1.54) is 7.05 Å². The maximum atomic E-state index is 11.9. The van der Waals surface area contributed by atoms with E-state index in [0.29, 0.717) is 5.71 Å². The van der Waals surface area contributed by atoms with Gasteiger partial charge in [-0.25, -0.2) is 4.79 Å². The monoisotopic (exact) mass is 276 g/mol. The largest absolute Gasteiger partial charge is 0.369 e. The number of nitrogens with one attached hydrogen (secondary N) is 2. The van der Waals surface area contributed by atoms with Gasteiger partial charge in [-0.3, -0.25) is 10.1 Å². The number of carbonyl (C=O) groups is 2. The zero-order chi connectivity index (χ0) is 14.8. The van der Waals surface area contributed by atoms with E-state index in [1.54, 1.807) is 19.1 Å². The van der Waals surface area contributed by atoms with Crippen molar-refractivity contribution in [2.24, 2.45) is 16.3 Å². The second kappa shape index (κ2) is 5.20. The lowest BCUT2D eigenvalue weighted by Crippen LogP contribution is -2.56. The molecular formula is C13H16N4O3. The van der Waals surface area contributed by atoms with Crippen LogP contribution in [0.3, 0.4) is 0 Å². The number of nitrogens with two attached hydrogens (primary N) is 1. The van der Waals surface area contributed by atoms with E-state index in [4.69, 9.17) is 10.6 Å². The zero-order valence-corrected chi connectivity index (χ0v) is 11.2. The van der Waals surface area contributed by atoms with Crippen LogP contribution in [0.25, 0.3) is 0 Å². The Morgan fingerprint density at radius 2 is 2.00 bits per heavy atom. The number of carbonyl (C=O) groups excluding carboxylic acids is 2. The summed E-state index contributed by atoms with van der Waals surface area (Å²) in [4.78, 5) is 28.5. The van der Waals surface area contributed by atoms with Gasteiger partial charge in [0.25, 0.3) is 0 Å². The number of hydrogen-bond acceptors (Lipinski definition) is 4. The maximum Gasteiger partial charge on any atom is 0.317 e. The third kappa shape index (κ3) is 2.18. The number of benzene rings is 1. The van der Waals surface area contributed by atoms with Gasteiger partial charge >= 0.3 is 6.03 Å². The lowest BCUT2D eigenvalue weighted by Gasteiger charge is -2.27. The lowest BCUT2D eigenvalue weighted by atomic mass is 9.79. The molecule has 1 aromatic carbocycles. The van der Waals surface area contributed by atoms with Crippen molar-refractivity contribution in [1.29, 1.82) is 0 Å². The molecule has 1 heterocycles. The molecule has 0 fully saturated rings. The molecule has 7 heteroatoms. The van der Waals surface area contributed by atoms with E-state index in [2.05, 4.69) is 15.8 Å². The van der Waals surface area contributed by atoms with Crippen molar-refractivity contribution in [1.82, 2.24) is 10.6 Å². The van der Waals surface area contributed by atoms with Gasteiger partial charge in [0.1, 0.15) is 5.71 Å². The number of urea groups is 1. The van der Waals surface area contributed by atoms with Crippen molar-refractivity contribution < 1.29 is 14.4 Å². The molecule has 0 aliphatic carbocycles. The van der Waals surface area contributed by atoms with Crippen LogP contribution in [-0.4, -0.2) is 30.9 Å². The van der Waals surface area contributed by atoms with Crippen LogP contribution in [0.1, 0.15) is 12.5 Å². The highest BCUT2D eigenvalue weighted by atomic mass is 16.7. The average molecular weight is 276 g/mol. The first-order chi connectivity index (χ1) is 9.50. The van der Waals surface area contributed by atoms with Crippen LogP contribution in [-0.2, 0) is 9.63 Å². The molecule has 106 valence electrons. The standard InChI is InChI=1S/C13H16N4O3/c1-13(10(14)18)9(8-6-4-3-5-7-8)17-20-11(13)16-12(19)15-2/h3-7,11H,1-2H3,(H2,14,18)(H2,15,16,19). The van der Waals surface area contributed by atoms with Crippen molar-refractivity contribution in [3.8, 4) is 0 Å². The fraction of sp³-hybridized carbons (Fsp3) is 0.308. The number of oxime groups is 1. The summed E-state index contributed by atoms with van der Waals surface area (Å²) in [6.45, 7) is 1.59. The lowest BCUT2D eigenvalue weighted by molar-refractivity contribution is -0.128. The first-order valence-electron chi connectivity index (χ1n) is 6.08. The van der Waals surface area contributed by atoms with E-state index in [9.17, 15) is 9.59 Å². The van der Waals surface area contributed by atoms with E-state index in [0.717, 1.165) is 5.56 Å². The minimum atomic E-state index is -1.24. The van der Waals surface area contributed by atoms with Gasteiger partial charge in [-0.05, 0) is 6.92 Å². The molecule has 4 N–H and O–H groups in total. The molecule has 0 aromatic heterocycles. The van der Waals surface area contributed by atoms with E-state index >= 15 is 0 Å². The van der Waals surface area contributed by atoms with Crippen molar-refractivity contribution in [2.75, 3.05) is 7.05 Å². The molecule has 1 aromatic rings. The summed E-state index contributed by atoms with van der Waals surface area (Å²) in [7, 11) is 1.46. The van der Waals surface area contributed by atoms with Gasteiger partial charge < -0.3 is 15.9 Å². The maximum absolute atomic E-state index is 11.9. The fourth-order valence-corrected chi connectivity index (χ4v) is 1.99. The van der Waals surface area contributed by atoms with Gasteiger partial charge in [0.15, 0.2) is 5.41 Å². The predicted octanol–water partition coefficient (Wildman–Crippen LogP) is 0.168. The summed E-state index contributed by atoms with van der Waals surface area (Å²) < 4.78 is 0. The SMILES string of the molecule is CNC(=O)NC1ON=C(c2ccccc2)C1(C)C(N)=O. The Labute approximate surface area is 116 Å². The van der Waals surface area contributed by atoms with E-state index < -0.39 is 23.6 Å². The van der Waals surface area contributed by atoms with E-state index in [1.807, 2.05) is 18.2 Å². The summed E-state index contributed by atoms with van der Waals surface area (Å²) in [6.07, 6.45) is -0.949. The third-order valence-corrected chi connectivity index (χ3v) is 3.31. The second-order valence-corrected chi connectivity index (χ2v) is 4.58. The first kappa shape index (κ1) is 13.9. The highest BCUT2D eigenvalue weighted by Gasteiger charge is 2.52. The Morgan fingerprint density at radius 1 is 1.35 bits per heavy atom. The number of rotatable bonds is 3. The molecule has 0 saturated heterocycles. The summed E-state index contributed by atoms with van der Waals surface area (Å²) in [5, 5.41) is 8.83. The Balaban J connectivity index is 2.35. The van der Waals surface area contributed by atoms with Gasteiger partial charge in [-0.1, -0.05) is 35.5 Å². The Kier molecular flexibility index (Phi) is 3.60. The molecule has 0 spiro atoms. The molecule has 3 amide bonds. The number of amides is 3. The van der Waals surface area contributed by atoms with E-state index in [-0.39, 0.29) is 0 Å². The minimum absolute atomic E-state index is 0.395. The topological polar surface area (TPSA) is 106 Å². The van der Waals surface area contributed by atoms with Crippen LogP contribution < -0.4 is 16.4 Å². The van der Waals surface area contributed by atoms with Crippen molar-refractivity contribution >= 4 is 17.6 Å². The summed E-state index contributed by atoms with van der Waals surface area (Å²) in [6, 6.07) is 8.60. The highest BCUT2D eigenvalue weighted by molar-refractivity contribution is 6.17. The Bertz CT molecular complexity index is 558. The zero-order valence-electron chi connectivity index (χ0n) is 11.2. The predicted molar refractivity (Wildman–Crippen MR) is 72.7 cm³/mol. The van der Waals surface area contributed by atoms with Gasteiger partial charge in [0, 0.05) is 12.6 Å². The molecule has 0 radical (unpaired) electrons. The second-order valence-electron chi connectivity index (χ2n) is 4.58. The highest BCUT2D eigenvalue weighted by Crippen LogP contribution is 2.33. The van der Waals surface area contributed by atoms with Crippen molar-refractivity contribution in [2.45, 2.75) is 13.2 Å². The normalized spacial score (nSPS) is 24.5. The van der Waals surface area contributed by atoms with Crippen LogP contribution in [0, 0.1) is 5.41 Å². The van der Waals surface area contributed by atoms with Crippen LogP contribution in [0.15, 0.2) is 35.5 Å². The van der Waals surface area contributed by atoms with Crippen LogP contribution >= 0.6 is 0 Å². The average Bonchev–Trinajstić information content (AvgIpc) is 2.78. The van der Waals surface area contributed by atoms with Gasteiger partial charge in [0.05, 0.1) is 0 Å². The quantitative estimate of drug-likeness (QED) is 0.732. The van der Waals surface area contributed by atoms with Gasteiger partial charge in [-0.2, -0.15) is 0 Å². The molecule has 2 atom stereocenters. The molecule has 0 saturated carbocycles. The van der Waals surface area contributed by atoms with Crippen LogP contribution in [0.2, 0.25) is 0 Å². The van der Waals surface area contributed by atoms with Crippen molar-refractivity contribution in [3.63, 3.8) is 0 Å². The minimum Gasteiger partial charge on any atom is -0.369 e. The number of hydrogen-bond donors (Lipinski definition) is 3. The molecule has 0 bridgehead atoms. The number of primary amides is 1. The molecule has 7 nitrogen and oxygen atoms in total. The van der Waals surface area contributed by atoms with Gasteiger partial charge in [0.2, 0.25) is 12.1 Å². The van der Waals surface area contributed by atoms with Crippen molar-refractivity contribution in [3.05, 3.63) is 35.9 Å². The summed E-state index contributed by atoms with van der Waals surface area (Å²) >= 11 is 0. The summed E-state index contributed by atoms with van der Waals surface area (Å²) in [5.41, 5.74) is 5.37. The fourth-order valence-electron chi connectivity index (χ4n) is 1.99.